The van der Waals surface area contributed by atoms with E-state index < -0.39 is 0 Å². The molecule has 0 bridgehead atoms. The van der Waals surface area contributed by atoms with Crippen molar-refractivity contribution in [2.75, 3.05) is 13.2 Å². The molecule has 1 amide bonds. The second kappa shape index (κ2) is 5.38. The minimum atomic E-state index is -0.0650. The number of aliphatic hydroxyl groups excluding tert-OH is 1. The highest BCUT2D eigenvalue weighted by atomic mass is 79.9. The van der Waals surface area contributed by atoms with Crippen molar-refractivity contribution in [1.82, 2.24) is 4.90 Å². The van der Waals surface area contributed by atoms with E-state index in [9.17, 15) is 9.90 Å². The largest absolute Gasteiger partial charge is 0.394 e. The smallest absolute Gasteiger partial charge is 0.254 e. The standard InChI is InChI=1S/C12H13BrClNO2/c13-9-4-8(5-10(14)6-9)12(17)15-3-1-2-11(15)7-16/h4-6,11,16H,1-3,7H2. The molecule has 0 radical (unpaired) electrons. The van der Waals surface area contributed by atoms with Gasteiger partial charge in [-0.25, -0.2) is 0 Å². The number of carbonyl (C=O) groups is 1. The van der Waals surface area contributed by atoms with Gasteiger partial charge >= 0.3 is 0 Å². The lowest BCUT2D eigenvalue weighted by molar-refractivity contribution is 0.0677. The maximum Gasteiger partial charge on any atom is 0.254 e. The van der Waals surface area contributed by atoms with Gasteiger partial charge in [0.15, 0.2) is 0 Å². The van der Waals surface area contributed by atoms with E-state index in [-0.39, 0.29) is 18.6 Å². The molecular formula is C12H13BrClNO2. The quantitative estimate of drug-likeness (QED) is 0.911. The zero-order valence-corrected chi connectivity index (χ0v) is 11.5. The van der Waals surface area contributed by atoms with Gasteiger partial charge in [-0.15, -0.1) is 0 Å². The van der Waals surface area contributed by atoms with Gasteiger partial charge in [0.1, 0.15) is 0 Å². The molecule has 1 aromatic rings. The Morgan fingerprint density at radius 1 is 1.53 bits per heavy atom. The van der Waals surface area contributed by atoms with Crippen LogP contribution in [0.25, 0.3) is 0 Å². The number of hydrogen-bond acceptors (Lipinski definition) is 2. The Morgan fingerprint density at radius 3 is 2.94 bits per heavy atom. The SMILES string of the molecule is O=C(c1cc(Cl)cc(Br)c1)N1CCCC1CO. The Labute approximate surface area is 114 Å². The molecule has 1 fully saturated rings. The van der Waals surface area contributed by atoms with Crippen LogP contribution in [0.1, 0.15) is 23.2 Å². The van der Waals surface area contributed by atoms with Gasteiger partial charge < -0.3 is 10.0 Å². The molecule has 17 heavy (non-hydrogen) atoms. The van der Waals surface area contributed by atoms with Gasteiger partial charge in [0.25, 0.3) is 5.91 Å². The summed E-state index contributed by atoms with van der Waals surface area (Å²) in [5, 5.41) is 9.74. The van der Waals surface area contributed by atoms with E-state index in [0.717, 1.165) is 17.3 Å². The lowest BCUT2D eigenvalue weighted by atomic mass is 10.2. The molecule has 0 spiro atoms. The van der Waals surface area contributed by atoms with E-state index in [1.807, 2.05) is 0 Å². The highest BCUT2D eigenvalue weighted by molar-refractivity contribution is 9.10. The van der Waals surface area contributed by atoms with Gasteiger partial charge in [0.05, 0.1) is 12.6 Å². The van der Waals surface area contributed by atoms with Crippen molar-refractivity contribution in [2.24, 2.45) is 0 Å². The number of carbonyl (C=O) groups excluding carboxylic acids is 1. The molecule has 5 heteroatoms. The molecule has 1 saturated heterocycles. The van der Waals surface area contributed by atoms with Crippen LogP contribution in [-0.4, -0.2) is 35.1 Å². The first kappa shape index (κ1) is 12.9. The third-order valence-corrected chi connectivity index (χ3v) is 3.63. The molecular weight excluding hydrogens is 305 g/mol. The van der Waals surface area contributed by atoms with Gasteiger partial charge in [0, 0.05) is 21.6 Å². The van der Waals surface area contributed by atoms with Gasteiger partial charge in [-0.2, -0.15) is 0 Å². The number of halogens is 2. The maximum atomic E-state index is 12.3. The summed E-state index contributed by atoms with van der Waals surface area (Å²) in [5.41, 5.74) is 0.560. The van der Waals surface area contributed by atoms with Gasteiger partial charge in [-0.1, -0.05) is 27.5 Å². The Hall–Kier alpha value is -0.580. The Kier molecular flexibility index (Phi) is 4.07. The lowest BCUT2D eigenvalue weighted by Crippen LogP contribution is -2.37. The summed E-state index contributed by atoms with van der Waals surface area (Å²) >= 11 is 9.24. The first-order chi connectivity index (χ1) is 8.11. The van der Waals surface area contributed by atoms with Crippen LogP contribution in [0.5, 0.6) is 0 Å². The molecule has 0 aliphatic carbocycles. The minimum absolute atomic E-state index is 0.0213. The van der Waals surface area contributed by atoms with Crippen LogP contribution in [0.2, 0.25) is 5.02 Å². The highest BCUT2D eigenvalue weighted by Crippen LogP contribution is 2.24. The number of amides is 1. The lowest BCUT2D eigenvalue weighted by Gasteiger charge is -2.23. The first-order valence-corrected chi connectivity index (χ1v) is 6.67. The summed E-state index contributed by atoms with van der Waals surface area (Å²) < 4.78 is 0.785. The summed E-state index contributed by atoms with van der Waals surface area (Å²) in [6.45, 7) is 0.724. The maximum absolute atomic E-state index is 12.3. The summed E-state index contributed by atoms with van der Waals surface area (Å²) in [4.78, 5) is 14.0. The fourth-order valence-corrected chi connectivity index (χ4v) is 3.00. The normalized spacial score (nSPS) is 19.7. The number of nitrogens with zero attached hydrogens (tertiary/aromatic N) is 1. The number of rotatable bonds is 2. The zero-order chi connectivity index (χ0) is 12.4. The third kappa shape index (κ3) is 2.81. The molecule has 1 atom stereocenters. The molecule has 3 nitrogen and oxygen atoms in total. The van der Waals surface area contributed by atoms with Crippen molar-refractivity contribution in [3.63, 3.8) is 0 Å². The second-order valence-corrected chi connectivity index (χ2v) is 5.49. The monoisotopic (exact) mass is 317 g/mol. The zero-order valence-electron chi connectivity index (χ0n) is 9.20. The Bertz CT molecular complexity index is 418. The second-order valence-electron chi connectivity index (χ2n) is 4.14. The van der Waals surface area contributed by atoms with Crippen molar-refractivity contribution in [3.8, 4) is 0 Å². The summed E-state index contributed by atoms with van der Waals surface area (Å²) in [7, 11) is 0. The van der Waals surface area contributed by atoms with E-state index in [1.165, 1.54) is 0 Å². The Morgan fingerprint density at radius 2 is 2.29 bits per heavy atom. The van der Waals surface area contributed by atoms with E-state index in [0.29, 0.717) is 17.1 Å². The average molecular weight is 319 g/mol. The third-order valence-electron chi connectivity index (χ3n) is 2.96. The van der Waals surface area contributed by atoms with Gasteiger partial charge in [-0.05, 0) is 31.0 Å². The van der Waals surface area contributed by atoms with Crippen LogP contribution >= 0.6 is 27.5 Å². The molecule has 1 unspecified atom stereocenters. The van der Waals surface area contributed by atoms with Crippen molar-refractivity contribution in [1.29, 1.82) is 0 Å². The van der Waals surface area contributed by atoms with Crippen molar-refractivity contribution in [2.45, 2.75) is 18.9 Å². The van der Waals surface area contributed by atoms with E-state index in [2.05, 4.69) is 15.9 Å². The molecule has 1 N–H and O–H groups in total. The predicted octanol–water partition coefficient (Wildman–Crippen LogP) is 2.70. The first-order valence-electron chi connectivity index (χ1n) is 5.49. The van der Waals surface area contributed by atoms with Crippen LogP contribution in [-0.2, 0) is 0 Å². The molecule has 0 saturated carbocycles. The van der Waals surface area contributed by atoms with Crippen LogP contribution in [0, 0.1) is 0 Å². The summed E-state index contributed by atoms with van der Waals surface area (Å²) in [6.07, 6.45) is 1.81. The molecule has 0 aromatic heterocycles. The molecule has 92 valence electrons. The van der Waals surface area contributed by atoms with Crippen LogP contribution in [0.15, 0.2) is 22.7 Å². The predicted molar refractivity (Wildman–Crippen MR) is 70.3 cm³/mol. The van der Waals surface area contributed by atoms with Gasteiger partial charge in [-0.3, -0.25) is 4.79 Å². The molecule has 1 aliphatic heterocycles. The number of hydrogen-bond donors (Lipinski definition) is 1. The fraction of sp³-hybridized carbons (Fsp3) is 0.417. The number of likely N-dealkylation sites (tertiary alicyclic amines) is 1. The Balaban J connectivity index is 2.24. The minimum Gasteiger partial charge on any atom is -0.394 e. The molecule has 1 heterocycles. The topological polar surface area (TPSA) is 40.5 Å². The highest BCUT2D eigenvalue weighted by Gasteiger charge is 2.28. The van der Waals surface area contributed by atoms with E-state index >= 15 is 0 Å². The number of aliphatic hydroxyl groups is 1. The van der Waals surface area contributed by atoms with Crippen molar-refractivity contribution >= 4 is 33.4 Å². The average Bonchev–Trinajstić information content (AvgIpc) is 2.74. The summed E-state index contributed by atoms with van der Waals surface area (Å²) in [5.74, 6) is -0.0650. The van der Waals surface area contributed by atoms with Crippen LogP contribution in [0.4, 0.5) is 0 Å². The fourth-order valence-electron chi connectivity index (χ4n) is 2.14. The van der Waals surface area contributed by atoms with Crippen LogP contribution < -0.4 is 0 Å². The van der Waals surface area contributed by atoms with E-state index in [1.54, 1.807) is 23.1 Å². The summed E-state index contributed by atoms with van der Waals surface area (Å²) in [6, 6.07) is 5.09. The van der Waals surface area contributed by atoms with Crippen LogP contribution in [0.3, 0.4) is 0 Å². The van der Waals surface area contributed by atoms with Crippen molar-refractivity contribution < 1.29 is 9.90 Å². The van der Waals surface area contributed by atoms with Gasteiger partial charge in [0.2, 0.25) is 0 Å². The van der Waals surface area contributed by atoms with Crippen molar-refractivity contribution in [3.05, 3.63) is 33.3 Å². The number of benzene rings is 1. The molecule has 1 aromatic carbocycles. The molecule has 1 aliphatic rings. The molecule has 2 rings (SSSR count). The van der Waals surface area contributed by atoms with E-state index in [4.69, 9.17) is 11.6 Å².